The van der Waals surface area contributed by atoms with Crippen molar-refractivity contribution < 1.29 is 39.8 Å². The van der Waals surface area contributed by atoms with Gasteiger partial charge < -0.3 is 30.1 Å². The standard InChI is InChI=1S/C19H20ClN3O.2ClH/c20-17-8-3-1-6-15(17)10-12-21-11-5-13-23-14-22-18-9-4-2-7-16(18)19(23)24;;/h1-4,6-9,14,21H,5,10-13H2;2*1H. The van der Waals surface area contributed by atoms with Gasteiger partial charge in [0.1, 0.15) is 5.56 Å². The lowest BCUT2D eigenvalue weighted by Crippen LogP contribution is -3.14. The maximum Gasteiger partial charge on any atom is 0.352 e. The second kappa shape index (κ2) is 11.3. The largest absolute Gasteiger partial charge is 1.00 e. The molecule has 26 heavy (non-hydrogen) atoms. The van der Waals surface area contributed by atoms with Gasteiger partial charge in [0.2, 0.25) is 0 Å². The zero-order valence-electron chi connectivity index (χ0n) is 14.3. The molecule has 0 saturated carbocycles. The number of nitrogens with zero attached hydrogens (tertiary/aromatic N) is 1. The molecule has 7 heteroatoms. The molecule has 3 rings (SSSR count). The van der Waals surface area contributed by atoms with E-state index in [1.807, 2.05) is 42.5 Å². The molecule has 1 unspecified atom stereocenters. The number of hydrogen-bond donors (Lipinski definition) is 2. The molecule has 3 N–H and O–H groups in total. The number of para-hydroxylation sites is 1. The predicted octanol–water partition coefficient (Wildman–Crippen LogP) is -4.76. The highest BCUT2D eigenvalue weighted by Crippen LogP contribution is 2.18. The molecule has 0 spiro atoms. The van der Waals surface area contributed by atoms with Crippen LogP contribution in [0, 0.1) is 0 Å². The number of carbonyl (C=O) groups is 1. The van der Waals surface area contributed by atoms with Crippen molar-refractivity contribution >= 4 is 29.5 Å². The van der Waals surface area contributed by atoms with Crippen molar-refractivity contribution in [2.75, 3.05) is 19.6 Å². The van der Waals surface area contributed by atoms with E-state index < -0.39 is 0 Å². The number of amides is 1. The van der Waals surface area contributed by atoms with Crippen LogP contribution in [0.3, 0.4) is 0 Å². The van der Waals surface area contributed by atoms with Gasteiger partial charge in [-0.1, -0.05) is 41.9 Å². The molecule has 1 aliphatic heterocycles. The van der Waals surface area contributed by atoms with Crippen molar-refractivity contribution in [2.45, 2.75) is 12.8 Å². The fraction of sp³-hybridized carbons (Fsp3) is 0.263. The molecule has 0 radical (unpaired) electrons. The Morgan fingerprint density at radius 1 is 1.00 bits per heavy atom. The number of fused-ring (bicyclic) bond motifs is 1. The van der Waals surface area contributed by atoms with Crippen molar-refractivity contribution in [1.29, 1.82) is 0 Å². The fourth-order valence-corrected chi connectivity index (χ4v) is 3.11. The highest BCUT2D eigenvalue weighted by molar-refractivity contribution is 6.31. The van der Waals surface area contributed by atoms with E-state index in [0.29, 0.717) is 0 Å². The van der Waals surface area contributed by atoms with Gasteiger partial charge in [0.25, 0.3) is 0 Å². The van der Waals surface area contributed by atoms with Crippen molar-refractivity contribution in [3.8, 4) is 0 Å². The van der Waals surface area contributed by atoms with E-state index in [9.17, 15) is 4.79 Å². The van der Waals surface area contributed by atoms with Gasteiger partial charge >= 0.3 is 5.91 Å². The molecule has 4 nitrogen and oxygen atoms in total. The molecule has 1 amide bonds. The smallest absolute Gasteiger partial charge is 0.352 e. The summed E-state index contributed by atoms with van der Waals surface area (Å²) in [5, 5.41) is 3.12. The average molecular weight is 415 g/mol. The van der Waals surface area contributed by atoms with Crippen LogP contribution in [0.4, 0.5) is 5.69 Å². The van der Waals surface area contributed by atoms with Crippen LogP contribution in [0.1, 0.15) is 22.3 Å². The number of nitrogens with one attached hydrogen (secondary N) is 1. The molecule has 1 heterocycles. The van der Waals surface area contributed by atoms with E-state index in [4.69, 9.17) is 11.6 Å². The molecular formula is C19H22Cl3N3O. The van der Waals surface area contributed by atoms with Crippen molar-refractivity contribution in [2.24, 2.45) is 4.99 Å². The van der Waals surface area contributed by atoms with Crippen LogP contribution in [0.5, 0.6) is 0 Å². The Morgan fingerprint density at radius 2 is 1.73 bits per heavy atom. The first kappa shape index (κ1) is 22.6. The third kappa shape index (κ3) is 5.79. The number of rotatable bonds is 7. The Hall–Kier alpha value is -1.43. The first-order valence-electron chi connectivity index (χ1n) is 8.34. The number of hydrogen-bond acceptors (Lipinski definition) is 2. The summed E-state index contributed by atoms with van der Waals surface area (Å²) in [7, 11) is 0. The maximum atomic E-state index is 12.4. The summed E-state index contributed by atoms with van der Waals surface area (Å²) in [4.78, 5) is 17.6. The fourth-order valence-electron chi connectivity index (χ4n) is 2.88. The third-order valence-corrected chi connectivity index (χ3v) is 4.60. The second-order valence-electron chi connectivity index (χ2n) is 5.94. The lowest BCUT2D eigenvalue weighted by atomic mass is 10.1. The third-order valence-electron chi connectivity index (χ3n) is 4.23. The molecular weight excluding hydrogens is 393 g/mol. The lowest BCUT2D eigenvalue weighted by molar-refractivity contribution is -0.715. The van der Waals surface area contributed by atoms with Crippen molar-refractivity contribution in [3.05, 3.63) is 64.7 Å². The summed E-state index contributed by atoms with van der Waals surface area (Å²) in [5.74, 6) is 0.122. The Morgan fingerprint density at radius 3 is 2.54 bits per heavy atom. The van der Waals surface area contributed by atoms with E-state index in [1.54, 1.807) is 6.34 Å². The highest BCUT2D eigenvalue weighted by atomic mass is 35.5. The van der Waals surface area contributed by atoms with Crippen molar-refractivity contribution in [1.82, 2.24) is 0 Å². The molecule has 0 aromatic heterocycles. The molecule has 2 aromatic rings. The van der Waals surface area contributed by atoms with E-state index >= 15 is 0 Å². The van der Waals surface area contributed by atoms with Crippen LogP contribution in [0.25, 0.3) is 0 Å². The first-order chi connectivity index (χ1) is 11.8. The topological polar surface area (TPSA) is 50.5 Å². The second-order valence-corrected chi connectivity index (χ2v) is 6.35. The number of benzene rings is 2. The quantitative estimate of drug-likeness (QED) is 0.439. The number of halogens is 3. The number of aliphatic imine (C=N–C) groups is 1. The normalized spacial score (nSPS) is 15.0. The SMILES string of the molecule is O=C1c2ccccc2N=C[NH+]1CCC[NH2+]CCc1ccccc1Cl.[Cl-].[Cl-]. The Labute approximate surface area is 171 Å². The average Bonchev–Trinajstić information content (AvgIpc) is 2.61. The predicted molar refractivity (Wildman–Crippen MR) is 96.2 cm³/mol. The summed E-state index contributed by atoms with van der Waals surface area (Å²) in [6.45, 7) is 2.78. The van der Waals surface area contributed by atoms with Gasteiger partial charge in [-0.3, -0.25) is 0 Å². The Kier molecular flexibility index (Phi) is 9.84. The zero-order chi connectivity index (χ0) is 16.8. The Bertz CT molecular complexity index is 752. The number of nitrogens with two attached hydrogens (primary N) is 1. The van der Waals surface area contributed by atoms with Crippen LogP contribution >= 0.6 is 11.6 Å². The van der Waals surface area contributed by atoms with Crippen LogP contribution in [-0.2, 0) is 6.42 Å². The van der Waals surface area contributed by atoms with Crippen molar-refractivity contribution in [3.63, 3.8) is 0 Å². The lowest BCUT2D eigenvalue weighted by Gasteiger charge is -2.16. The highest BCUT2D eigenvalue weighted by Gasteiger charge is 2.26. The van der Waals surface area contributed by atoms with Gasteiger partial charge in [0.05, 0.1) is 25.3 Å². The summed E-state index contributed by atoms with van der Waals surface area (Å²) in [6.07, 6.45) is 3.66. The van der Waals surface area contributed by atoms with Gasteiger partial charge in [-0.25, -0.2) is 14.7 Å². The van der Waals surface area contributed by atoms with Crippen LogP contribution in [0.2, 0.25) is 5.02 Å². The minimum absolute atomic E-state index is 0. The zero-order valence-corrected chi connectivity index (χ0v) is 16.6. The van der Waals surface area contributed by atoms with Gasteiger partial charge in [-0.2, -0.15) is 0 Å². The minimum atomic E-state index is 0. The van der Waals surface area contributed by atoms with E-state index in [1.165, 1.54) is 5.56 Å². The first-order valence-corrected chi connectivity index (χ1v) is 8.72. The van der Waals surface area contributed by atoms with Crippen LogP contribution in [-0.4, -0.2) is 31.9 Å². The number of quaternary nitrogens is 2. The summed E-state index contributed by atoms with van der Waals surface area (Å²) in [6, 6.07) is 15.5. The van der Waals surface area contributed by atoms with E-state index in [2.05, 4.69) is 16.4 Å². The van der Waals surface area contributed by atoms with E-state index in [-0.39, 0.29) is 30.7 Å². The van der Waals surface area contributed by atoms with Gasteiger partial charge in [-0.15, -0.1) is 0 Å². The summed E-state index contributed by atoms with van der Waals surface area (Å²) < 4.78 is 0. The monoisotopic (exact) mass is 413 g/mol. The molecule has 0 fully saturated rings. The minimum Gasteiger partial charge on any atom is -1.00 e. The van der Waals surface area contributed by atoms with Gasteiger partial charge in [0.15, 0.2) is 6.34 Å². The number of carbonyl (C=O) groups excluding carboxylic acids is 1. The molecule has 2 aromatic carbocycles. The van der Waals surface area contributed by atoms with Crippen LogP contribution in [0.15, 0.2) is 53.5 Å². The molecule has 0 saturated heterocycles. The summed E-state index contributed by atoms with van der Waals surface area (Å²) >= 11 is 6.15. The summed E-state index contributed by atoms with van der Waals surface area (Å²) in [5.41, 5.74) is 2.69. The maximum absolute atomic E-state index is 12.4. The van der Waals surface area contributed by atoms with E-state index in [0.717, 1.165) is 53.6 Å². The molecule has 0 bridgehead atoms. The molecule has 0 aliphatic carbocycles. The van der Waals surface area contributed by atoms with Gasteiger partial charge in [0, 0.05) is 17.9 Å². The van der Waals surface area contributed by atoms with Crippen LogP contribution < -0.4 is 35.0 Å². The van der Waals surface area contributed by atoms with Gasteiger partial charge in [-0.05, 0) is 23.8 Å². The molecule has 140 valence electrons. The molecule has 1 atom stereocenters. The molecule has 1 aliphatic rings. The Balaban J connectivity index is 0.00000169.